The summed E-state index contributed by atoms with van der Waals surface area (Å²) in [7, 11) is -3.47. The van der Waals surface area contributed by atoms with Crippen LogP contribution in [0.3, 0.4) is 0 Å². The highest BCUT2D eigenvalue weighted by atomic mass is 32.2. The van der Waals surface area contributed by atoms with Crippen molar-refractivity contribution in [1.82, 2.24) is 4.31 Å². The standard InChI is InChI=1S/C14H17NO3S2/c1-10-14(12-4-2-3-5-13(12)19-10)20(17,18)15-8-6-11(16)7-9-15/h2-5,11,16H,6-9H2,1H3. The van der Waals surface area contributed by atoms with Gasteiger partial charge in [0.1, 0.15) is 4.90 Å². The largest absolute Gasteiger partial charge is 0.393 e. The minimum Gasteiger partial charge on any atom is -0.393 e. The van der Waals surface area contributed by atoms with Crippen LogP contribution in [0.5, 0.6) is 0 Å². The van der Waals surface area contributed by atoms with Crippen molar-refractivity contribution >= 4 is 31.4 Å². The Morgan fingerprint density at radius 3 is 2.60 bits per heavy atom. The summed E-state index contributed by atoms with van der Waals surface area (Å²) in [6.45, 7) is 2.65. The number of hydrogen-bond donors (Lipinski definition) is 1. The van der Waals surface area contributed by atoms with E-state index >= 15 is 0 Å². The zero-order valence-corrected chi connectivity index (χ0v) is 12.9. The molecule has 108 valence electrons. The minimum atomic E-state index is -3.47. The fourth-order valence-corrected chi connectivity index (χ4v) is 5.91. The third kappa shape index (κ3) is 2.26. The Labute approximate surface area is 122 Å². The van der Waals surface area contributed by atoms with Crippen LogP contribution in [-0.2, 0) is 10.0 Å². The third-order valence-corrected chi connectivity index (χ3v) is 7.04. The molecule has 1 N–H and O–H groups in total. The first-order chi connectivity index (χ1) is 9.50. The fourth-order valence-electron chi connectivity index (χ4n) is 2.68. The summed E-state index contributed by atoms with van der Waals surface area (Å²) in [5.41, 5.74) is 0. The molecule has 1 aromatic carbocycles. The van der Waals surface area contributed by atoms with Crippen LogP contribution in [0.2, 0.25) is 0 Å². The van der Waals surface area contributed by atoms with Crippen LogP contribution in [-0.4, -0.2) is 37.0 Å². The van der Waals surface area contributed by atoms with E-state index < -0.39 is 10.0 Å². The number of nitrogens with zero attached hydrogens (tertiary/aromatic N) is 1. The summed E-state index contributed by atoms with van der Waals surface area (Å²) in [6, 6.07) is 7.61. The number of piperidine rings is 1. The lowest BCUT2D eigenvalue weighted by Crippen LogP contribution is -2.40. The Hall–Kier alpha value is -0.950. The third-order valence-electron chi connectivity index (χ3n) is 3.74. The van der Waals surface area contributed by atoms with Crippen LogP contribution in [0.25, 0.3) is 10.1 Å². The monoisotopic (exact) mass is 311 g/mol. The van der Waals surface area contributed by atoms with Gasteiger partial charge in [-0.2, -0.15) is 4.31 Å². The SMILES string of the molecule is Cc1sc2ccccc2c1S(=O)(=O)N1CCC(O)CC1. The van der Waals surface area contributed by atoms with Crippen LogP contribution < -0.4 is 0 Å². The van der Waals surface area contributed by atoms with Crippen LogP contribution in [0.1, 0.15) is 17.7 Å². The topological polar surface area (TPSA) is 57.6 Å². The fraction of sp³-hybridized carbons (Fsp3) is 0.429. The lowest BCUT2D eigenvalue weighted by atomic mass is 10.1. The maximum Gasteiger partial charge on any atom is 0.244 e. The van der Waals surface area contributed by atoms with Gasteiger partial charge in [0.15, 0.2) is 0 Å². The lowest BCUT2D eigenvalue weighted by Gasteiger charge is -2.28. The van der Waals surface area contributed by atoms with Gasteiger partial charge in [0.05, 0.1) is 6.10 Å². The van der Waals surface area contributed by atoms with Gasteiger partial charge in [-0.15, -0.1) is 11.3 Å². The van der Waals surface area contributed by atoms with Gasteiger partial charge in [0, 0.05) is 28.1 Å². The van der Waals surface area contributed by atoms with Crippen molar-refractivity contribution in [3.8, 4) is 0 Å². The Bertz CT molecular complexity index is 728. The van der Waals surface area contributed by atoms with Crippen molar-refractivity contribution in [2.75, 3.05) is 13.1 Å². The quantitative estimate of drug-likeness (QED) is 0.926. The van der Waals surface area contributed by atoms with Crippen molar-refractivity contribution in [2.24, 2.45) is 0 Å². The molecule has 1 aliphatic heterocycles. The van der Waals surface area contributed by atoms with Gasteiger partial charge < -0.3 is 5.11 Å². The van der Waals surface area contributed by atoms with Crippen LogP contribution in [0, 0.1) is 6.92 Å². The lowest BCUT2D eigenvalue weighted by molar-refractivity contribution is 0.113. The number of aliphatic hydroxyl groups excluding tert-OH is 1. The summed E-state index contributed by atoms with van der Waals surface area (Å²) in [5.74, 6) is 0. The van der Waals surface area contributed by atoms with Gasteiger partial charge >= 0.3 is 0 Å². The van der Waals surface area contributed by atoms with Crippen molar-refractivity contribution in [2.45, 2.75) is 30.8 Å². The molecule has 20 heavy (non-hydrogen) atoms. The molecule has 1 aromatic heterocycles. The smallest absolute Gasteiger partial charge is 0.244 e. The van der Waals surface area contributed by atoms with E-state index in [0.717, 1.165) is 15.0 Å². The average Bonchev–Trinajstić information content (AvgIpc) is 2.75. The predicted octanol–water partition coefficient (Wildman–Crippen LogP) is 2.36. The molecule has 2 aromatic rings. The summed E-state index contributed by atoms with van der Waals surface area (Å²) in [6.07, 6.45) is 0.655. The number of thiophene rings is 1. The molecule has 0 spiro atoms. The molecule has 0 amide bonds. The summed E-state index contributed by atoms with van der Waals surface area (Å²) in [4.78, 5) is 1.27. The van der Waals surface area contributed by atoms with E-state index in [9.17, 15) is 13.5 Å². The number of benzene rings is 1. The van der Waals surface area contributed by atoms with Gasteiger partial charge in [-0.3, -0.25) is 0 Å². The number of aliphatic hydroxyl groups is 1. The number of aryl methyl sites for hydroxylation is 1. The van der Waals surface area contributed by atoms with Gasteiger partial charge in [-0.05, 0) is 25.8 Å². The van der Waals surface area contributed by atoms with Gasteiger partial charge in [-0.1, -0.05) is 18.2 Å². The maximum absolute atomic E-state index is 12.8. The highest BCUT2D eigenvalue weighted by Gasteiger charge is 2.32. The average molecular weight is 311 g/mol. The number of fused-ring (bicyclic) bond motifs is 1. The second-order valence-electron chi connectivity index (χ2n) is 5.12. The predicted molar refractivity (Wildman–Crippen MR) is 80.6 cm³/mol. The molecule has 0 unspecified atom stereocenters. The molecule has 0 radical (unpaired) electrons. The molecule has 0 bridgehead atoms. The Morgan fingerprint density at radius 1 is 1.25 bits per heavy atom. The highest BCUT2D eigenvalue weighted by molar-refractivity contribution is 7.89. The van der Waals surface area contributed by atoms with Crippen molar-refractivity contribution in [3.63, 3.8) is 0 Å². The summed E-state index contributed by atoms with van der Waals surface area (Å²) in [5, 5.41) is 10.3. The van der Waals surface area contributed by atoms with E-state index in [1.807, 2.05) is 31.2 Å². The van der Waals surface area contributed by atoms with Crippen LogP contribution in [0.4, 0.5) is 0 Å². The molecule has 4 nitrogen and oxygen atoms in total. The molecule has 1 aliphatic rings. The van der Waals surface area contributed by atoms with Crippen LogP contribution >= 0.6 is 11.3 Å². The second kappa shape index (κ2) is 5.11. The Morgan fingerprint density at radius 2 is 1.90 bits per heavy atom. The van der Waals surface area contributed by atoms with Crippen LogP contribution in [0.15, 0.2) is 29.2 Å². The van der Waals surface area contributed by atoms with Gasteiger partial charge in [0.2, 0.25) is 10.0 Å². The van der Waals surface area contributed by atoms with Crippen molar-refractivity contribution in [3.05, 3.63) is 29.1 Å². The molecular weight excluding hydrogens is 294 g/mol. The minimum absolute atomic E-state index is 0.373. The first kappa shape index (κ1) is 14.0. The first-order valence-corrected chi connectivity index (χ1v) is 8.92. The number of sulfonamides is 1. The van der Waals surface area contributed by atoms with E-state index in [-0.39, 0.29) is 6.10 Å². The zero-order chi connectivity index (χ0) is 14.3. The number of hydrogen-bond acceptors (Lipinski definition) is 4. The first-order valence-electron chi connectivity index (χ1n) is 6.66. The Balaban J connectivity index is 2.07. The zero-order valence-electron chi connectivity index (χ0n) is 11.2. The molecule has 3 rings (SSSR count). The molecule has 2 heterocycles. The van der Waals surface area contributed by atoms with Gasteiger partial charge in [0.25, 0.3) is 0 Å². The second-order valence-corrected chi connectivity index (χ2v) is 8.25. The summed E-state index contributed by atoms with van der Waals surface area (Å²) >= 11 is 1.51. The normalized spacial score (nSPS) is 18.7. The van der Waals surface area contributed by atoms with E-state index in [0.29, 0.717) is 30.8 Å². The number of rotatable bonds is 2. The van der Waals surface area contributed by atoms with E-state index in [1.165, 1.54) is 15.6 Å². The molecule has 0 aliphatic carbocycles. The van der Waals surface area contributed by atoms with E-state index in [2.05, 4.69) is 0 Å². The van der Waals surface area contributed by atoms with Gasteiger partial charge in [-0.25, -0.2) is 8.42 Å². The van der Waals surface area contributed by atoms with Crippen molar-refractivity contribution in [1.29, 1.82) is 0 Å². The molecule has 1 fully saturated rings. The van der Waals surface area contributed by atoms with E-state index in [4.69, 9.17) is 0 Å². The maximum atomic E-state index is 12.8. The highest BCUT2D eigenvalue weighted by Crippen LogP contribution is 2.36. The molecular formula is C14H17NO3S2. The molecule has 6 heteroatoms. The molecule has 1 saturated heterocycles. The molecule has 0 saturated carbocycles. The molecule has 0 atom stereocenters. The summed E-state index contributed by atoms with van der Waals surface area (Å²) < 4.78 is 28.2. The van der Waals surface area contributed by atoms with Crippen molar-refractivity contribution < 1.29 is 13.5 Å². The Kier molecular flexibility index (Phi) is 3.58. The van der Waals surface area contributed by atoms with E-state index in [1.54, 1.807) is 0 Å².